The van der Waals surface area contributed by atoms with Gasteiger partial charge in [-0.1, -0.05) is 31.2 Å². The van der Waals surface area contributed by atoms with Crippen molar-refractivity contribution < 1.29 is 19.1 Å². The molecule has 0 aliphatic carbocycles. The molecule has 1 aliphatic heterocycles. The molecule has 6 heteroatoms. The molecule has 29 heavy (non-hydrogen) atoms. The Morgan fingerprint density at radius 2 is 1.66 bits per heavy atom. The molecule has 6 nitrogen and oxygen atoms in total. The molecule has 1 heterocycles. The van der Waals surface area contributed by atoms with Gasteiger partial charge in [-0.3, -0.25) is 9.59 Å². The number of anilines is 1. The van der Waals surface area contributed by atoms with Gasteiger partial charge in [0.1, 0.15) is 12.4 Å². The van der Waals surface area contributed by atoms with Crippen LogP contribution in [0.5, 0.6) is 5.75 Å². The fourth-order valence-electron chi connectivity index (χ4n) is 3.37. The minimum absolute atomic E-state index is 0.0440. The van der Waals surface area contributed by atoms with Crippen LogP contribution in [0.1, 0.15) is 40.5 Å². The van der Waals surface area contributed by atoms with Gasteiger partial charge in [0.15, 0.2) is 0 Å². The lowest BCUT2D eigenvalue weighted by Gasteiger charge is -2.30. The normalized spacial score (nSPS) is 14.5. The monoisotopic (exact) mass is 396 g/mol. The Balaban J connectivity index is 1.76. The van der Waals surface area contributed by atoms with Gasteiger partial charge >= 0.3 is 0 Å². The zero-order chi connectivity index (χ0) is 20.6. The number of piperidine rings is 1. The van der Waals surface area contributed by atoms with Gasteiger partial charge < -0.3 is 19.7 Å². The molecule has 0 radical (unpaired) electrons. The first-order valence-electron chi connectivity index (χ1n) is 10.0. The number of carbonyl (C=O) groups is 2. The summed E-state index contributed by atoms with van der Waals surface area (Å²) in [5.74, 6) is 0.766. The maximum atomic E-state index is 13.0. The van der Waals surface area contributed by atoms with Crippen molar-refractivity contribution >= 4 is 17.5 Å². The first kappa shape index (κ1) is 20.9. The molecular weight excluding hydrogens is 368 g/mol. The standard InChI is InChI=1S/C23H28N2O4/c1-17-11-13-25(14-12-17)23(27)18-7-3-5-9-20(18)24-22(26)19-8-4-6-10-21(19)29-16-15-28-2/h3-10,17H,11-16H2,1-2H3,(H,24,26). The van der Waals surface area contributed by atoms with Crippen LogP contribution in [-0.2, 0) is 4.74 Å². The van der Waals surface area contributed by atoms with Crippen LogP contribution in [0, 0.1) is 5.92 Å². The van der Waals surface area contributed by atoms with E-state index in [0.717, 1.165) is 25.9 Å². The van der Waals surface area contributed by atoms with Crippen molar-refractivity contribution in [3.05, 3.63) is 59.7 Å². The lowest BCUT2D eigenvalue weighted by atomic mass is 9.98. The van der Waals surface area contributed by atoms with Gasteiger partial charge in [-0.05, 0) is 43.0 Å². The molecule has 0 unspecified atom stereocenters. The van der Waals surface area contributed by atoms with E-state index in [-0.39, 0.29) is 11.8 Å². The smallest absolute Gasteiger partial charge is 0.259 e. The second kappa shape index (κ2) is 10.1. The van der Waals surface area contributed by atoms with Crippen LogP contribution in [0.3, 0.4) is 0 Å². The predicted molar refractivity (Wildman–Crippen MR) is 113 cm³/mol. The highest BCUT2D eigenvalue weighted by molar-refractivity contribution is 6.10. The summed E-state index contributed by atoms with van der Waals surface area (Å²) < 4.78 is 10.7. The topological polar surface area (TPSA) is 67.9 Å². The van der Waals surface area contributed by atoms with Crippen LogP contribution < -0.4 is 10.1 Å². The van der Waals surface area contributed by atoms with E-state index in [9.17, 15) is 9.59 Å². The molecule has 2 amide bonds. The third-order valence-electron chi connectivity index (χ3n) is 5.15. The number of hydrogen-bond donors (Lipinski definition) is 1. The van der Waals surface area contributed by atoms with Crippen molar-refractivity contribution in [2.75, 3.05) is 38.7 Å². The van der Waals surface area contributed by atoms with Gasteiger partial charge in [0, 0.05) is 20.2 Å². The van der Waals surface area contributed by atoms with Crippen LogP contribution >= 0.6 is 0 Å². The zero-order valence-electron chi connectivity index (χ0n) is 17.0. The SMILES string of the molecule is COCCOc1ccccc1C(=O)Nc1ccccc1C(=O)N1CCC(C)CC1. The van der Waals surface area contributed by atoms with E-state index in [0.29, 0.717) is 41.7 Å². The van der Waals surface area contributed by atoms with Crippen molar-refractivity contribution in [1.82, 2.24) is 4.90 Å². The number of ether oxygens (including phenoxy) is 2. The third kappa shape index (κ3) is 5.35. The maximum absolute atomic E-state index is 13.0. The first-order chi connectivity index (χ1) is 14.1. The lowest BCUT2D eigenvalue weighted by Crippen LogP contribution is -2.38. The van der Waals surface area contributed by atoms with Crippen molar-refractivity contribution in [3.8, 4) is 5.75 Å². The molecule has 1 saturated heterocycles. The summed E-state index contributed by atoms with van der Waals surface area (Å²) in [6.45, 7) is 4.49. The largest absolute Gasteiger partial charge is 0.490 e. The molecule has 0 saturated carbocycles. The molecule has 0 bridgehead atoms. The van der Waals surface area contributed by atoms with E-state index in [1.165, 1.54) is 0 Å². The predicted octanol–water partition coefficient (Wildman–Crippen LogP) is 3.84. The van der Waals surface area contributed by atoms with Gasteiger partial charge in [-0.25, -0.2) is 0 Å². The Labute approximate surface area is 171 Å². The number of hydrogen-bond acceptors (Lipinski definition) is 4. The molecule has 154 valence electrons. The van der Waals surface area contributed by atoms with Gasteiger partial charge in [-0.2, -0.15) is 0 Å². The lowest BCUT2D eigenvalue weighted by molar-refractivity contribution is 0.0698. The summed E-state index contributed by atoms with van der Waals surface area (Å²) in [5.41, 5.74) is 1.43. The molecule has 1 fully saturated rings. The van der Waals surface area contributed by atoms with E-state index in [1.807, 2.05) is 23.1 Å². The Kier molecular flexibility index (Phi) is 7.25. The minimum atomic E-state index is -0.314. The summed E-state index contributed by atoms with van der Waals surface area (Å²) >= 11 is 0. The van der Waals surface area contributed by atoms with E-state index in [4.69, 9.17) is 9.47 Å². The van der Waals surface area contributed by atoms with Crippen molar-refractivity contribution in [1.29, 1.82) is 0 Å². The molecule has 1 N–H and O–H groups in total. The average molecular weight is 396 g/mol. The van der Waals surface area contributed by atoms with Crippen LogP contribution in [0.25, 0.3) is 0 Å². The number of rotatable bonds is 7. The number of amides is 2. The summed E-state index contributed by atoms with van der Waals surface area (Å²) in [6.07, 6.45) is 2.01. The number of benzene rings is 2. The molecule has 1 aliphatic rings. The highest BCUT2D eigenvalue weighted by Crippen LogP contribution is 2.24. The second-order valence-electron chi connectivity index (χ2n) is 7.31. The summed E-state index contributed by atoms with van der Waals surface area (Å²) in [6, 6.07) is 14.2. The van der Waals surface area contributed by atoms with Crippen LogP contribution in [0.4, 0.5) is 5.69 Å². The fraction of sp³-hybridized carbons (Fsp3) is 0.391. The number of nitrogens with one attached hydrogen (secondary N) is 1. The van der Waals surface area contributed by atoms with Gasteiger partial charge in [0.05, 0.1) is 23.4 Å². The zero-order valence-corrected chi connectivity index (χ0v) is 17.0. The number of nitrogens with zero attached hydrogens (tertiary/aromatic N) is 1. The van der Waals surface area contributed by atoms with Crippen molar-refractivity contribution in [2.45, 2.75) is 19.8 Å². The van der Waals surface area contributed by atoms with Gasteiger partial charge in [0.2, 0.25) is 0 Å². The average Bonchev–Trinajstić information content (AvgIpc) is 2.75. The maximum Gasteiger partial charge on any atom is 0.259 e. The minimum Gasteiger partial charge on any atom is -0.490 e. The molecule has 2 aromatic carbocycles. The second-order valence-corrected chi connectivity index (χ2v) is 7.31. The molecule has 3 rings (SSSR count). The Morgan fingerprint density at radius 3 is 2.38 bits per heavy atom. The number of carbonyl (C=O) groups excluding carboxylic acids is 2. The van der Waals surface area contributed by atoms with Gasteiger partial charge in [0.25, 0.3) is 11.8 Å². The quantitative estimate of drug-likeness (QED) is 0.722. The molecular formula is C23H28N2O4. The van der Waals surface area contributed by atoms with Crippen molar-refractivity contribution in [3.63, 3.8) is 0 Å². The van der Waals surface area contributed by atoms with Crippen molar-refractivity contribution in [2.24, 2.45) is 5.92 Å². The number of methoxy groups -OCH3 is 1. The van der Waals surface area contributed by atoms with Crippen LogP contribution in [0.15, 0.2) is 48.5 Å². The number of para-hydroxylation sites is 2. The Hall–Kier alpha value is -2.86. The summed E-state index contributed by atoms with van der Waals surface area (Å²) in [7, 11) is 1.60. The summed E-state index contributed by atoms with van der Waals surface area (Å²) in [4.78, 5) is 27.8. The Morgan fingerprint density at radius 1 is 1.00 bits per heavy atom. The molecule has 0 spiro atoms. The number of likely N-dealkylation sites (tertiary alicyclic amines) is 1. The van der Waals surface area contributed by atoms with E-state index >= 15 is 0 Å². The van der Waals surface area contributed by atoms with Crippen LogP contribution in [-0.4, -0.2) is 50.1 Å². The third-order valence-corrected chi connectivity index (χ3v) is 5.15. The van der Waals surface area contributed by atoms with E-state index < -0.39 is 0 Å². The summed E-state index contributed by atoms with van der Waals surface area (Å²) in [5, 5.41) is 2.89. The van der Waals surface area contributed by atoms with E-state index in [2.05, 4.69) is 12.2 Å². The highest BCUT2D eigenvalue weighted by atomic mass is 16.5. The Bertz CT molecular complexity index is 844. The molecule has 2 aromatic rings. The first-order valence-corrected chi connectivity index (χ1v) is 10.0. The molecule has 0 atom stereocenters. The van der Waals surface area contributed by atoms with Gasteiger partial charge in [-0.15, -0.1) is 0 Å². The van der Waals surface area contributed by atoms with E-state index in [1.54, 1.807) is 37.4 Å². The highest BCUT2D eigenvalue weighted by Gasteiger charge is 2.24. The molecule has 0 aromatic heterocycles. The van der Waals surface area contributed by atoms with Crippen LogP contribution in [0.2, 0.25) is 0 Å². The fourth-order valence-corrected chi connectivity index (χ4v) is 3.37.